The van der Waals surface area contributed by atoms with Gasteiger partial charge in [0.2, 0.25) is 17.6 Å². The highest BCUT2D eigenvalue weighted by Gasteiger charge is 2.29. The third-order valence-electron chi connectivity index (χ3n) is 5.16. The lowest BCUT2D eigenvalue weighted by Gasteiger charge is -2.25. The van der Waals surface area contributed by atoms with Crippen LogP contribution in [0.1, 0.15) is 43.2 Å². The van der Waals surface area contributed by atoms with Gasteiger partial charge in [-0.05, 0) is 61.2 Å². The zero-order chi connectivity index (χ0) is 20.2. The van der Waals surface area contributed by atoms with E-state index >= 15 is 0 Å². The van der Waals surface area contributed by atoms with Crippen molar-refractivity contribution in [2.75, 3.05) is 6.54 Å². The lowest BCUT2D eigenvalue weighted by molar-refractivity contribution is -0.132. The number of rotatable bonds is 6. The van der Waals surface area contributed by atoms with Gasteiger partial charge in [0, 0.05) is 34.4 Å². The average Bonchev–Trinajstić information content (AvgIpc) is 3.38. The Hall–Kier alpha value is -2.18. The molecule has 1 aliphatic rings. The van der Waals surface area contributed by atoms with Crippen LogP contribution in [0.3, 0.4) is 0 Å². The molecule has 0 spiro atoms. The number of likely N-dealkylation sites (tertiary alicyclic amines) is 1. The molecule has 3 aromatic rings. The molecule has 29 heavy (non-hydrogen) atoms. The fraction of sp³-hybridized carbons (Fsp3) is 0.318. The molecule has 2 aromatic carbocycles. The fourth-order valence-corrected chi connectivity index (χ4v) is 4.28. The van der Waals surface area contributed by atoms with Crippen LogP contribution in [-0.2, 0) is 11.2 Å². The van der Waals surface area contributed by atoms with Gasteiger partial charge < -0.3 is 9.42 Å². The summed E-state index contributed by atoms with van der Waals surface area (Å²) in [6, 6.07) is 15.7. The summed E-state index contributed by atoms with van der Waals surface area (Å²) in [5, 5.41) is 4.69. The van der Waals surface area contributed by atoms with Crippen LogP contribution in [0.2, 0.25) is 5.02 Å². The minimum atomic E-state index is 0.167. The summed E-state index contributed by atoms with van der Waals surface area (Å²) in [4.78, 5) is 19.2. The summed E-state index contributed by atoms with van der Waals surface area (Å²) >= 11 is 9.43. The number of carbonyl (C=O) groups is 1. The summed E-state index contributed by atoms with van der Waals surface area (Å²) in [6.45, 7) is 0.817. The third kappa shape index (κ3) is 4.87. The Labute approximate surface area is 183 Å². The second-order valence-electron chi connectivity index (χ2n) is 7.17. The van der Waals surface area contributed by atoms with Crippen LogP contribution in [0, 0.1) is 0 Å². The van der Waals surface area contributed by atoms with Crippen molar-refractivity contribution in [1.29, 1.82) is 0 Å². The first-order chi connectivity index (χ1) is 14.1. The van der Waals surface area contributed by atoms with Gasteiger partial charge in [-0.3, -0.25) is 4.79 Å². The van der Waals surface area contributed by atoms with Gasteiger partial charge in [-0.25, -0.2) is 0 Å². The van der Waals surface area contributed by atoms with E-state index in [2.05, 4.69) is 38.2 Å². The molecule has 1 amide bonds. The molecule has 1 aromatic heterocycles. The number of hydrogen-bond donors (Lipinski definition) is 0. The number of halogens is 2. The topological polar surface area (TPSA) is 59.2 Å². The molecule has 0 saturated carbocycles. The van der Waals surface area contributed by atoms with E-state index in [-0.39, 0.29) is 11.9 Å². The van der Waals surface area contributed by atoms with E-state index in [1.165, 1.54) is 5.56 Å². The standard InChI is InChI=1S/C22H21BrClN3O2/c23-17-5-1-4-16(14-17)19-6-3-13-27(19)21(28)8-2-7-20-25-22(26-29-20)15-9-11-18(24)12-10-15/h1,4-5,9-12,14,19H,2-3,6-8,13H2. The maximum atomic E-state index is 12.8. The maximum Gasteiger partial charge on any atom is 0.226 e. The first-order valence-corrected chi connectivity index (χ1v) is 10.9. The second-order valence-corrected chi connectivity index (χ2v) is 8.52. The highest BCUT2D eigenvalue weighted by Crippen LogP contribution is 2.33. The van der Waals surface area contributed by atoms with Crippen molar-refractivity contribution in [1.82, 2.24) is 15.0 Å². The van der Waals surface area contributed by atoms with Crippen LogP contribution in [0.25, 0.3) is 11.4 Å². The van der Waals surface area contributed by atoms with E-state index in [9.17, 15) is 4.79 Å². The molecule has 0 N–H and O–H groups in total. The summed E-state index contributed by atoms with van der Waals surface area (Å²) in [7, 11) is 0. The molecule has 1 unspecified atom stereocenters. The lowest BCUT2D eigenvalue weighted by Crippen LogP contribution is -2.30. The van der Waals surface area contributed by atoms with Crippen LogP contribution < -0.4 is 0 Å². The van der Waals surface area contributed by atoms with Crippen molar-refractivity contribution < 1.29 is 9.32 Å². The molecule has 0 bridgehead atoms. The van der Waals surface area contributed by atoms with Crippen molar-refractivity contribution in [3.8, 4) is 11.4 Å². The van der Waals surface area contributed by atoms with E-state index in [1.807, 2.05) is 29.2 Å². The van der Waals surface area contributed by atoms with E-state index < -0.39 is 0 Å². The second kappa shape index (κ2) is 9.09. The first-order valence-electron chi connectivity index (χ1n) is 9.73. The summed E-state index contributed by atoms with van der Waals surface area (Å²) in [5.41, 5.74) is 2.05. The molecule has 5 nitrogen and oxygen atoms in total. The number of benzene rings is 2. The number of hydrogen-bond acceptors (Lipinski definition) is 4. The molecule has 2 heterocycles. The molecule has 1 saturated heterocycles. The molecule has 1 fully saturated rings. The summed E-state index contributed by atoms with van der Waals surface area (Å²) in [6.07, 6.45) is 3.79. The predicted octanol–water partition coefficient (Wildman–Crippen LogP) is 5.84. The van der Waals surface area contributed by atoms with Crippen LogP contribution in [0.5, 0.6) is 0 Å². The van der Waals surface area contributed by atoms with Crippen molar-refractivity contribution in [2.45, 2.75) is 38.1 Å². The lowest BCUT2D eigenvalue weighted by atomic mass is 10.0. The molecule has 1 aliphatic heterocycles. The smallest absolute Gasteiger partial charge is 0.226 e. The zero-order valence-corrected chi connectivity index (χ0v) is 18.2. The number of nitrogens with zero attached hydrogens (tertiary/aromatic N) is 3. The van der Waals surface area contributed by atoms with Gasteiger partial charge >= 0.3 is 0 Å². The van der Waals surface area contributed by atoms with Crippen LogP contribution in [0.4, 0.5) is 0 Å². The van der Waals surface area contributed by atoms with E-state index in [1.54, 1.807) is 12.1 Å². The van der Waals surface area contributed by atoms with Crippen LogP contribution in [0.15, 0.2) is 57.5 Å². The summed E-state index contributed by atoms with van der Waals surface area (Å²) < 4.78 is 6.38. The highest BCUT2D eigenvalue weighted by atomic mass is 79.9. The fourth-order valence-electron chi connectivity index (χ4n) is 3.73. The minimum Gasteiger partial charge on any atom is -0.339 e. The SMILES string of the molecule is O=C(CCCc1nc(-c2ccc(Cl)cc2)no1)N1CCCC1c1cccc(Br)c1. The maximum absolute atomic E-state index is 12.8. The molecular formula is C22H21BrClN3O2. The van der Waals surface area contributed by atoms with E-state index in [4.69, 9.17) is 16.1 Å². The largest absolute Gasteiger partial charge is 0.339 e. The average molecular weight is 475 g/mol. The number of carbonyl (C=O) groups excluding carboxylic acids is 1. The Morgan fingerprint density at radius 2 is 2.07 bits per heavy atom. The third-order valence-corrected chi connectivity index (χ3v) is 5.90. The minimum absolute atomic E-state index is 0.167. The van der Waals surface area contributed by atoms with E-state index in [0.29, 0.717) is 36.0 Å². The van der Waals surface area contributed by atoms with Gasteiger partial charge in [0.1, 0.15) is 0 Å². The van der Waals surface area contributed by atoms with Gasteiger partial charge in [0.05, 0.1) is 6.04 Å². The van der Waals surface area contributed by atoms with Gasteiger partial charge in [-0.15, -0.1) is 0 Å². The van der Waals surface area contributed by atoms with Gasteiger partial charge in [0.25, 0.3) is 0 Å². The summed E-state index contributed by atoms with van der Waals surface area (Å²) in [5.74, 6) is 1.27. The quantitative estimate of drug-likeness (QED) is 0.450. The predicted molar refractivity (Wildman–Crippen MR) is 116 cm³/mol. The molecule has 4 rings (SSSR count). The molecular weight excluding hydrogens is 454 g/mol. The van der Waals surface area contributed by atoms with E-state index in [0.717, 1.165) is 29.4 Å². The number of aryl methyl sites for hydroxylation is 1. The van der Waals surface area contributed by atoms with Crippen molar-refractivity contribution in [3.63, 3.8) is 0 Å². The molecule has 0 aliphatic carbocycles. The molecule has 7 heteroatoms. The Morgan fingerprint density at radius 3 is 2.86 bits per heavy atom. The van der Waals surface area contributed by atoms with Crippen molar-refractivity contribution in [3.05, 3.63) is 69.5 Å². The Balaban J connectivity index is 1.32. The molecule has 1 atom stereocenters. The monoisotopic (exact) mass is 473 g/mol. The number of aromatic nitrogens is 2. The highest BCUT2D eigenvalue weighted by molar-refractivity contribution is 9.10. The van der Waals surface area contributed by atoms with Gasteiger partial charge in [0.15, 0.2) is 0 Å². The van der Waals surface area contributed by atoms with Crippen molar-refractivity contribution in [2.24, 2.45) is 0 Å². The van der Waals surface area contributed by atoms with Crippen LogP contribution in [-0.4, -0.2) is 27.5 Å². The Morgan fingerprint density at radius 1 is 1.24 bits per heavy atom. The Bertz CT molecular complexity index is 990. The van der Waals surface area contributed by atoms with Gasteiger partial charge in [-0.1, -0.05) is 44.8 Å². The van der Waals surface area contributed by atoms with Crippen molar-refractivity contribution >= 4 is 33.4 Å². The first kappa shape index (κ1) is 20.1. The Kier molecular flexibility index (Phi) is 6.31. The van der Waals surface area contributed by atoms with Gasteiger partial charge in [-0.2, -0.15) is 4.98 Å². The van der Waals surface area contributed by atoms with Crippen LogP contribution >= 0.6 is 27.5 Å². The normalized spacial score (nSPS) is 16.3. The molecule has 0 radical (unpaired) electrons. The number of amides is 1. The molecule has 150 valence electrons. The zero-order valence-electron chi connectivity index (χ0n) is 15.9.